The minimum atomic E-state index is -0.590. The van der Waals surface area contributed by atoms with Crippen molar-refractivity contribution in [2.75, 3.05) is 14.2 Å². The smallest absolute Gasteiger partial charge is 0.287 e. The maximum atomic E-state index is 11.9. The third-order valence-electron chi connectivity index (χ3n) is 3.59. The topological polar surface area (TPSA) is 77.8 Å². The first-order valence-corrected chi connectivity index (χ1v) is 7.68. The fraction of sp³-hybridized carbons (Fsp3) is 0.333. The van der Waals surface area contributed by atoms with Crippen molar-refractivity contribution in [1.82, 2.24) is 5.32 Å². The molecule has 6 nitrogen and oxygen atoms in total. The van der Waals surface area contributed by atoms with Crippen LogP contribution in [0.2, 0.25) is 0 Å². The SMILES string of the molecule is COc1ccc(CNC(=O)C(=O)CCCc2ccco2)c(OC)c1. The average molecular weight is 331 g/mol. The van der Waals surface area contributed by atoms with Crippen LogP contribution in [0.25, 0.3) is 0 Å². The van der Waals surface area contributed by atoms with Crippen LogP contribution in [0.4, 0.5) is 0 Å². The van der Waals surface area contributed by atoms with Gasteiger partial charge < -0.3 is 19.2 Å². The number of methoxy groups -OCH3 is 2. The van der Waals surface area contributed by atoms with Crippen LogP contribution >= 0.6 is 0 Å². The van der Waals surface area contributed by atoms with Crippen LogP contribution in [0.3, 0.4) is 0 Å². The summed E-state index contributed by atoms with van der Waals surface area (Å²) in [6.07, 6.45) is 2.99. The fourth-order valence-electron chi connectivity index (χ4n) is 2.26. The summed E-state index contributed by atoms with van der Waals surface area (Å²) in [6.45, 7) is 0.218. The van der Waals surface area contributed by atoms with E-state index in [1.54, 1.807) is 44.7 Å². The van der Waals surface area contributed by atoms with E-state index in [9.17, 15) is 9.59 Å². The number of ketones is 1. The maximum Gasteiger partial charge on any atom is 0.287 e. The van der Waals surface area contributed by atoms with Gasteiger partial charge in [-0.1, -0.05) is 0 Å². The molecule has 6 heteroatoms. The number of furan rings is 1. The molecule has 0 bridgehead atoms. The van der Waals surface area contributed by atoms with Crippen LogP contribution in [0.15, 0.2) is 41.0 Å². The minimum Gasteiger partial charge on any atom is -0.497 e. The second kappa shape index (κ2) is 8.76. The summed E-state index contributed by atoms with van der Waals surface area (Å²) in [5, 5.41) is 2.62. The lowest BCUT2D eigenvalue weighted by Crippen LogP contribution is -2.30. The summed E-state index contributed by atoms with van der Waals surface area (Å²) < 4.78 is 15.6. The Hall–Kier alpha value is -2.76. The second-order valence-corrected chi connectivity index (χ2v) is 5.22. The summed E-state index contributed by atoms with van der Waals surface area (Å²) in [4.78, 5) is 23.7. The molecule has 1 heterocycles. The molecule has 0 spiro atoms. The van der Waals surface area contributed by atoms with E-state index >= 15 is 0 Å². The summed E-state index contributed by atoms with van der Waals surface area (Å²) >= 11 is 0. The molecule has 0 saturated carbocycles. The molecule has 2 aromatic rings. The fourth-order valence-corrected chi connectivity index (χ4v) is 2.26. The first-order chi connectivity index (χ1) is 11.6. The predicted octanol–water partition coefficient (Wildman–Crippen LogP) is 2.51. The van der Waals surface area contributed by atoms with Gasteiger partial charge in [0.15, 0.2) is 0 Å². The lowest BCUT2D eigenvalue weighted by atomic mass is 10.1. The highest BCUT2D eigenvalue weighted by molar-refractivity contribution is 6.36. The maximum absolute atomic E-state index is 11.9. The summed E-state index contributed by atoms with van der Waals surface area (Å²) in [7, 11) is 3.11. The van der Waals surface area contributed by atoms with E-state index in [2.05, 4.69) is 5.32 Å². The van der Waals surface area contributed by atoms with Gasteiger partial charge in [0.2, 0.25) is 5.78 Å². The van der Waals surface area contributed by atoms with E-state index in [4.69, 9.17) is 13.9 Å². The molecule has 0 saturated heterocycles. The summed E-state index contributed by atoms with van der Waals surface area (Å²) in [6, 6.07) is 8.94. The van der Waals surface area contributed by atoms with E-state index in [0.29, 0.717) is 24.3 Å². The number of nitrogens with one attached hydrogen (secondary N) is 1. The Balaban J connectivity index is 1.80. The molecular formula is C18H21NO5. The number of hydrogen-bond acceptors (Lipinski definition) is 5. The number of Topliss-reactive ketones (excluding diaryl/α,β-unsaturated/α-hetero) is 1. The first kappa shape index (κ1) is 17.6. The molecule has 0 radical (unpaired) electrons. The van der Waals surface area contributed by atoms with Gasteiger partial charge in [-0.25, -0.2) is 0 Å². The highest BCUT2D eigenvalue weighted by Gasteiger charge is 2.14. The van der Waals surface area contributed by atoms with E-state index in [1.165, 1.54) is 0 Å². The van der Waals surface area contributed by atoms with E-state index in [-0.39, 0.29) is 13.0 Å². The highest BCUT2D eigenvalue weighted by Crippen LogP contribution is 2.24. The molecule has 1 amide bonds. The molecule has 24 heavy (non-hydrogen) atoms. The Morgan fingerprint density at radius 1 is 1.17 bits per heavy atom. The Morgan fingerprint density at radius 2 is 2.00 bits per heavy atom. The van der Waals surface area contributed by atoms with Crippen molar-refractivity contribution < 1.29 is 23.5 Å². The van der Waals surface area contributed by atoms with Crippen molar-refractivity contribution in [2.45, 2.75) is 25.8 Å². The van der Waals surface area contributed by atoms with Gasteiger partial charge in [0.05, 0.1) is 20.5 Å². The van der Waals surface area contributed by atoms with Crippen LogP contribution in [-0.4, -0.2) is 25.9 Å². The van der Waals surface area contributed by atoms with Crippen molar-refractivity contribution in [3.8, 4) is 11.5 Å². The van der Waals surface area contributed by atoms with E-state index in [0.717, 1.165) is 11.3 Å². The summed E-state index contributed by atoms with van der Waals surface area (Å²) in [5.74, 6) is 1.04. The molecule has 0 aliphatic heterocycles. The minimum absolute atomic E-state index is 0.187. The molecule has 2 rings (SSSR count). The van der Waals surface area contributed by atoms with Crippen molar-refractivity contribution in [1.29, 1.82) is 0 Å². The molecule has 0 aliphatic rings. The van der Waals surface area contributed by atoms with Crippen LogP contribution in [0, 0.1) is 0 Å². The largest absolute Gasteiger partial charge is 0.497 e. The molecule has 0 fully saturated rings. The Labute approximate surface area is 140 Å². The summed E-state index contributed by atoms with van der Waals surface area (Å²) in [5.41, 5.74) is 0.773. The lowest BCUT2D eigenvalue weighted by Gasteiger charge is -2.11. The van der Waals surface area contributed by atoms with Gasteiger partial charge in [0.1, 0.15) is 17.3 Å². The van der Waals surface area contributed by atoms with E-state index < -0.39 is 11.7 Å². The van der Waals surface area contributed by atoms with Crippen molar-refractivity contribution in [3.63, 3.8) is 0 Å². The lowest BCUT2D eigenvalue weighted by molar-refractivity contribution is -0.138. The quantitative estimate of drug-likeness (QED) is 0.714. The van der Waals surface area contributed by atoms with Gasteiger partial charge in [-0.15, -0.1) is 0 Å². The van der Waals surface area contributed by atoms with Gasteiger partial charge in [0.25, 0.3) is 5.91 Å². The number of rotatable bonds is 9. The molecule has 0 unspecified atom stereocenters. The normalized spacial score (nSPS) is 10.2. The molecule has 0 atom stereocenters. The third kappa shape index (κ3) is 4.87. The Morgan fingerprint density at radius 3 is 2.67 bits per heavy atom. The molecule has 128 valence electrons. The number of hydrogen-bond donors (Lipinski definition) is 1. The van der Waals surface area contributed by atoms with Crippen molar-refractivity contribution >= 4 is 11.7 Å². The zero-order valence-electron chi connectivity index (χ0n) is 13.8. The van der Waals surface area contributed by atoms with Gasteiger partial charge in [-0.05, 0) is 30.7 Å². The molecular weight excluding hydrogens is 310 g/mol. The average Bonchev–Trinajstić information content (AvgIpc) is 3.12. The Kier molecular flexibility index (Phi) is 6.42. The van der Waals surface area contributed by atoms with Gasteiger partial charge in [-0.2, -0.15) is 0 Å². The van der Waals surface area contributed by atoms with Gasteiger partial charge >= 0.3 is 0 Å². The number of ether oxygens (including phenoxy) is 2. The van der Waals surface area contributed by atoms with E-state index in [1.807, 2.05) is 6.07 Å². The Bertz CT molecular complexity index is 679. The highest BCUT2D eigenvalue weighted by atomic mass is 16.5. The van der Waals surface area contributed by atoms with Crippen LogP contribution in [0.5, 0.6) is 11.5 Å². The predicted molar refractivity (Wildman–Crippen MR) is 88.0 cm³/mol. The van der Waals surface area contributed by atoms with Crippen molar-refractivity contribution in [3.05, 3.63) is 47.9 Å². The number of aryl methyl sites for hydroxylation is 1. The zero-order chi connectivity index (χ0) is 17.4. The van der Waals surface area contributed by atoms with Crippen LogP contribution < -0.4 is 14.8 Å². The standard InChI is InChI=1S/C18H21NO5/c1-22-15-9-8-13(17(11-15)23-2)12-19-18(21)16(20)7-3-5-14-6-4-10-24-14/h4,6,8-11H,3,5,7,12H2,1-2H3,(H,19,21). The third-order valence-corrected chi connectivity index (χ3v) is 3.59. The van der Waals surface area contributed by atoms with Gasteiger partial charge in [0, 0.05) is 31.0 Å². The number of carbonyl (C=O) groups excluding carboxylic acids is 2. The monoisotopic (exact) mass is 331 g/mol. The number of carbonyl (C=O) groups is 2. The second-order valence-electron chi connectivity index (χ2n) is 5.22. The van der Waals surface area contributed by atoms with Crippen molar-refractivity contribution in [2.24, 2.45) is 0 Å². The molecule has 1 N–H and O–H groups in total. The van der Waals surface area contributed by atoms with Crippen LogP contribution in [0.1, 0.15) is 24.2 Å². The number of benzene rings is 1. The van der Waals surface area contributed by atoms with Crippen LogP contribution in [-0.2, 0) is 22.6 Å². The molecule has 0 aliphatic carbocycles. The zero-order valence-corrected chi connectivity index (χ0v) is 13.8. The first-order valence-electron chi connectivity index (χ1n) is 7.68. The molecule has 1 aromatic heterocycles. The molecule has 1 aromatic carbocycles. The number of amides is 1. The van der Waals surface area contributed by atoms with Gasteiger partial charge in [-0.3, -0.25) is 9.59 Å².